The van der Waals surface area contributed by atoms with Gasteiger partial charge in [-0.15, -0.1) is 0 Å². The fourth-order valence-corrected chi connectivity index (χ4v) is 4.49. The van der Waals surface area contributed by atoms with Crippen LogP contribution in [-0.4, -0.2) is 31.1 Å². The zero-order chi connectivity index (χ0) is 22.4. The van der Waals surface area contributed by atoms with Gasteiger partial charge in [0.15, 0.2) is 0 Å². The van der Waals surface area contributed by atoms with E-state index in [1.54, 1.807) is 35.5 Å². The van der Waals surface area contributed by atoms with Gasteiger partial charge in [0.25, 0.3) is 5.91 Å². The summed E-state index contributed by atoms with van der Waals surface area (Å²) in [7, 11) is 0. The first-order valence-electron chi connectivity index (χ1n) is 9.97. The number of rotatable bonds is 4. The number of hydrogen-bond acceptors (Lipinski definition) is 4. The number of hydrogen-bond donors (Lipinski definition) is 2. The summed E-state index contributed by atoms with van der Waals surface area (Å²) in [5.74, 6) is -0.144. The second kappa shape index (κ2) is 7.97. The standard InChI is InChI=1S/C24H18Cl2N4O2/c1-13-8-19(31)17(10-18(13)26)21-20-22(29-28-21)24(32)30(12-14-4-3-7-27-11-14)23(20)15-5-2-6-16(25)9-15/h2-11,23,31H,12H2,1H3,(H,28,29)/t23-/m0/s1. The lowest BCUT2D eigenvalue weighted by molar-refractivity contribution is 0.0730. The smallest absolute Gasteiger partial charge is 0.273 e. The Kier molecular flexibility index (Phi) is 5.12. The first-order valence-corrected chi connectivity index (χ1v) is 10.7. The third kappa shape index (κ3) is 3.42. The van der Waals surface area contributed by atoms with Crippen LogP contribution in [0.1, 0.15) is 38.8 Å². The number of pyridine rings is 1. The molecule has 0 saturated heterocycles. The minimum atomic E-state index is -0.454. The van der Waals surface area contributed by atoms with Gasteiger partial charge in [-0.25, -0.2) is 0 Å². The summed E-state index contributed by atoms with van der Waals surface area (Å²) >= 11 is 12.6. The van der Waals surface area contributed by atoms with E-state index in [9.17, 15) is 9.90 Å². The van der Waals surface area contributed by atoms with Gasteiger partial charge in [-0.2, -0.15) is 5.10 Å². The molecule has 2 aromatic carbocycles. The van der Waals surface area contributed by atoms with Gasteiger partial charge in [0.2, 0.25) is 0 Å². The quantitative estimate of drug-likeness (QED) is 0.415. The Morgan fingerprint density at radius 1 is 1.16 bits per heavy atom. The van der Waals surface area contributed by atoms with E-state index >= 15 is 0 Å². The van der Waals surface area contributed by atoms with Gasteiger partial charge >= 0.3 is 0 Å². The summed E-state index contributed by atoms with van der Waals surface area (Å²) in [6.07, 6.45) is 3.43. The normalized spacial score (nSPS) is 15.3. The Balaban J connectivity index is 1.69. The highest BCUT2D eigenvalue weighted by Gasteiger charge is 2.42. The first kappa shape index (κ1) is 20.5. The molecule has 0 saturated carbocycles. The van der Waals surface area contributed by atoms with Crippen molar-refractivity contribution in [1.82, 2.24) is 20.1 Å². The van der Waals surface area contributed by atoms with Gasteiger partial charge in [0, 0.05) is 40.1 Å². The average Bonchev–Trinajstić information content (AvgIpc) is 3.31. The number of carbonyl (C=O) groups excluding carboxylic acids is 1. The number of halogens is 2. The summed E-state index contributed by atoms with van der Waals surface area (Å²) < 4.78 is 0. The van der Waals surface area contributed by atoms with Crippen LogP contribution in [0, 0.1) is 6.92 Å². The van der Waals surface area contributed by atoms with E-state index in [0.717, 1.165) is 16.7 Å². The number of aromatic amines is 1. The number of fused-ring (bicyclic) bond motifs is 1. The van der Waals surface area contributed by atoms with Crippen LogP contribution in [0.3, 0.4) is 0 Å². The second-order valence-electron chi connectivity index (χ2n) is 7.73. The van der Waals surface area contributed by atoms with Gasteiger partial charge in [-0.3, -0.25) is 14.9 Å². The third-order valence-electron chi connectivity index (χ3n) is 5.64. The number of H-pyrrole nitrogens is 1. The molecule has 2 N–H and O–H groups in total. The highest BCUT2D eigenvalue weighted by molar-refractivity contribution is 6.31. The zero-order valence-electron chi connectivity index (χ0n) is 17.0. The monoisotopic (exact) mass is 464 g/mol. The largest absolute Gasteiger partial charge is 0.507 e. The fourth-order valence-electron chi connectivity index (χ4n) is 4.13. The number of amides is 1. The van der Waals surface area contributed by atoms with Crippen molar-refractivity contribution in [2.75, 3.05) is 0 Å². The Hall–Kier alpha value is -3.35. The topological polar surface area (TPSA) is 82.1 Å². The van der Waals surface area contributed by atoms with Crippen LogP contribution in [0.15, 0.2) is 60.9 Å². The first-order chi connectivity index (χ1) is 15.4. The number of phenolic OH excluding ortho intramolecular Hbond substituents is 1. The summed E-state index contributed by atoms with van der Waals surface area (Å²) in [4.78, 5) is 19.4. The Morgan fingerprint density at radius 3 is 2.75 bits per heavy atom. The van der Waals surface area contributed by atoms with Gasteiger partial charge in [0.05, 0.1) is 6.04 Å². The van der Waals surface area contributed by atoms with Crippen LogP contribution in [0.4, 0.5) is 0 Å². The van der Waals surface area contributed by atoms with E-state index in [0.29, 0.717) is 39.1 Å². The molecule has 1 aliphatic rings. The highest BCUT2D eigenvalue weighted by atomic mass is 35.5. The molecule has 32 heavy (non-hydrogen) atoms. The third-order valence-corrected chi connectivity index (χ3v) is 6.28. The molecule has 0 unspecified atom stereocenters. The van der Waals surface area contributed by atoms with Crippen molar-refractivity contribution in [3.8, 4) is 17.0 Å². The van der Waals surface area contributed by atoms with E-state index in [1.165, 1.54) is 0 Å². The summed E-state index contributed by atoms with van der Waals surface area (Å²) in [6, 6.07) is 14.0. The van der Waals surface area contributed by atoms with Crippen LogP contribution in [0.5, 0.6) is 5.75 Å². The SMILES string of the molecule is Cc1cc(O)c(-c2n[nH]c3c2[C@H](c2cccc(Cl)c2)N(Cc2cccnc2)C3=O)cc1Cl. The molecule has 0 spiro atoms. The maximum absolute atomic E-state index is 13.4. The van der Waals surface area contributed by atoms with E-state index < -0.39 is 6.04 Å². The molecule has 1 amide bonds. The number of aromatic nitrogens is 3. The predicted molar refractivity (Wildman–Crippen MR) is 123 cm³/mol. The molecule has 5 rings (SSSR count). The maximum Gasteiger partial charge on any atom is 0.273 e. The Morgan fingerprint density at radius 2 is 2.00 bits per heavy atom. The number of aryl methyl sites for hydroxylation is 1. The van der Waals surface area contributed by atoms with E-state index in [4.69, 9.17) is 23.2 Å². The van der Waals surface area contributed by atoms with Crippen LogP contribution >= 0.6 is 23.2 Å². The van der Waals surface area contributed by atoms with Crippen LogP contribution in [0.2, 0.25) is 10.0 Å². The average molecular weight is 465 g/mol. The van der Waals surface area contributed by atoms with E-state index in [2.05, 4.69) is 15.2 Å². The number of nitrogens with one attached hydrogen (secondary N) is 1. The molecule has 160 valence electrons. The molecule has 0 radical (unpaired) electrons. The lowest BCUT2D eigenvalue weighted by Crippen LogP contribution is -2.29. The van der Waals surface area contributed by atoms with E-state index in [1.807, 2.05) is 37.3 Å². The highest BCUT2D eigenvalue weighted by Crippen LogP contribution is 2.46. The fraction of sp³-hybridized carbons (Fsp3) is 0.125. The molecular formula is C24H18Cl2N4O2. The van der Waals surface area contributed by atoms with Crippen molar-refractivity contribution in [1.29, 1.82) is 0 Å². The molecule has 0 aliphatic carbocycles. The molecule has 6 nitrogen and oxygen atoms in total. The molecule has 0 fully saturated rings. The lowest BCUT2D eigenvalue weighted by Gasteiger charge is -2.26. The van der Waals surface area contributed by atoms with E-state index in [-0.39, 0.29) is 11.7 Å². The molecular weight excluding hydrogens is 447 g/mol. The molecule has 2 aromatic heterocycles. The van der Waals surface area contributed by atoms with Gasteiger partial charge in [-0.05, 0) is 53.9 Å². The lowest BCUT2D eigenvalue weighted by atomic mass is 9.95. The summed E-state index contributed by atoms with van der Waals surface area (Å²) in [6.45, 7) is 2.17. The van der Waals surface area contributed by atoms with Crippen molar-refractivity contribution in [2.24, 2.45) is 0 Å². The van der Waals surface area contributed by atoms with Crippen molar-refractivity contribution in [3.63, 3.8) is 0 Å². The predicted octanol–water partition coefficient (Wildman–Crippen LogP) is 5.54. The summed E-state index contributed by atoms with van der Waals surface area (Å²) in [5, 5.41) is 19.0. The second-order valence-corrected chi connectivity index (χ2v) is 8.57. The Bertz CT molecular complexity index is 1340. The molecule has 1 atom stereocenters. The van der Waals surface area contributed by atoms with Crippen LogP contribution in [0.25, 0.3) is 11.3 Å². The Labute approximate surface area is 194 Å². The van der Waals surface area contributed by atoms with Crippen molar-refractivity contribution in [2.45, 2.75) is 19.5 Å². The van der Waals surface area contributed by atoms with Gasteiger partial charge in [-0.1, -0.05) is 41.4 Å². The molecule has 4 aromatic rings. The van der Waals surface area contributed by atoms with Gasteiger partial charge in [0.1, 0.15) is 17.1 Å². The minimum absolute atomic E-state index is 0.0456. The van der Waals surface area contributed by atoms with Crippen molar-refractivity contribution in [3.05, 3.63) is 98.9 Å². The molecule has 0 bridgehead atoms. The minimum Gasteiger partial charge on any atom is -0.507 e. The number of aromatic hydroxyl groups is 1. The molecule has 3 heterocycles. The van der Waals surface area contributed by atoms with Crippen LogP contribution in [-0.2, 0) is 6.54 Å². The maximum atomic E-state index is 13.4. The summed E-state index contributed by atoms with van der Waals surface area (Å²) in [5.41, 5.74) is 4.48. The zero-order valence-corrected chi connectivity index (χ0v) is 18.5. The molecule has 1 aliphatic heterocycles. The van der Waals surface area contributed by atoms with Crippen molar-refractivity contribution >= 4 is 29.1 Å². The number of phenols is 1. The number of benzene rings is 2. The van der Waals surface area contributed by atoms with Crippen LogP contribution < -0.4 is 0 Å². The number of carbonyl (C=O) groups is 1. The number of nitrogens with zero attached hydrogens (tertiary/aromatic N) is 3. The van der Waals surface area contributed by atoms with Gasteiger partial charge < -0.3 is 10.0 Å². The molecule has 8 heteroatoms. The van der Waals surface area contributed by atoms with Crippen molar-refractivity contribution < 1.29 is 9.90 Å².